The fourth-order valence-corrected chi connectivity index (χ4v) is 2.10. The van der Waals surface area contributed by atoms with Gasteiger partial charge in [-0.1, -0.05) is 18.2 Å². The summed E-state index contributed by atoms with van der Waals surface area (Å²) in [7, 11) is 1.78. The normalized spacial score (nSPS) is 9.83. The standard InChI is InChI=1S/C17H21N3O2.ClH/c1-3-22-16-7-5-4-6-13(16)12-20(2)17(21)10-15-9-8-14(18)11-19-15;/h4-9,11H,3,10,12,18H2,1-2H3;1H. The van der Waals surface area contributed by atoms with Crippen LogP contribution in [0.3, 0.4) is 0 Å². The second-order valence-corrected chi connectivity index (χ2v) is 5.05. The number of ether oxygens (including phenoxy) is 1. The first-order chi connectivity index (χ1) is 10.6. The van der Waals surface area contributed by atoms with Gasteiger partial charge in [0, 0.05) is 24.8 Å². The lowest BCUT2D eigenvalue weighted by molar-refractivity contribution is -0.129. The Labute approximate surface area is 142 Å². The minimum absolute atomic E-state index is 0. The Hall–Kier alpha value is -2.27. The Morgan fingerprint density at radius 2 is 2.00 bits per heavy atom. The van der Waals surface area contributed by atoms with Crippen molar-refractivity contribution >= 4 is 24.0 Å². The van der Waals surface area contributed by atoms with Crippen LogP contribution in [0.15, 0.2) is 42.6 Å². The van der Waals surface area contributed by atoms with Crippen LogP contribution in [0.25, 0.3) is 0 Å². The number of rotatable bonds is 6. The van der Waals surface area contributed by atoms with E-state index >= 15 is 0 Å². The van der Waals surface area contributed by atoms with Crippen molar-refractivity contribution in [2.75, 3.05) is 19.4 Å². The number of nitrogen functional groups attached to an aromatic ring is 1. The zero-order chi connectivity index (χ0) is 15.9. The van der Waals surface area contributed by atoms with Crippen LogP contribution in [0.1, 0.15) is 18.2 Å². The van der Waals surface area contributed by atoms with Crippen LogP contribution in [-0.4, -0.2) is 29.4 Å². The summed E-state index contributed by atoms with van der Waals surface area (Å²) < 4.78 is 5.58. The SMILES string of the molecule is CCOc1ccccc1CN(C)C(=O)Cc1ccc(N)cn1.Cl. The molecule has 0 aliphatic heterocycles. The maximum Gasteiger partial charge on any atom is 0.228 e. The number of likely N-dealkylation sites (N-methyl/N-ethyl adjacent to an activating group) is 1. The summed E-state index contributed by atoms with van der Waals surface area (Å²) in [5, 5.41) is 0. The number of anilines is 1. The highest BCUT2D eigenvalue weighted by Gasteiger charge is 2.13. The van der Waals surface area contributed by atoms with E-state index in [1.54, 1.807) is 30.3 Å². The number of carbonyl (C=O) groups is 1. The smallest absolute Gasteiger partial charge is 0.228 e. The van der Waals surface area contributed by atoms with E-state index < -0.39 is 0 Å². The van der Waals surface area contributed by atoms with Gasteiger partial charge in [0.25, 0.3) is 0 Å². The fourth-order valence-electron chi connectivity index (χ4n) is 2.10. The zero-order valence-corrected chi connectivity index (χ0v) is 14.2. The van der Waals surface area contributed by atoms with Gasteiger partial charge in [0.15, 0.2) is 0 Å². The third kappa shape index (κ3) is 5.45. The van der Waals surface area contributed by atoms with Crippen LogP contribution in [0.2, 0.25) is 0 Å². The van der Waals surface area contributed by atoms with Gasteiger partial charge in [-0.15, -0.1) is 12.4 Å². The van der Waals surface area contributed by atoms with Gasteiger partial charge < -0.3 is 15.4 Å². The summed E-state index contributed by atoms with van der Waals surface area (Å²) >= 11 is 0. The predicted octanol–water partition coefficient (Wildman–Crippen LogP) is 2.69. The molecule has 1 amide bonds. The van der Waals surface area contributed by atoms with Crippen LogP contribution < -0.4 is 10.5 Å². The number of benzene rings is 1. The number of amides is 1. The quantitative estimate of drug-likeness (QED) is 0.881. The number of pyridine rings is 1. The summed E-state index contributed by atoms with van der Waals surface area (Å²) in [5.74, 6) is 0.818. The van der Waals surface area contributed by atoms with Gasteiger partial charge in [-0.3, -0.25) is 9.78 Å². The van der Waals surface area contributed by atoms with Crippen molar-refractivity contribution in [1.29, 1.82) is 0 Å². The lowest BCUT2D eigenvalue weighted by Gasteiger charge is -2.19. The second kappa shape index (κ2) is 9.00. The number of hydrogen-bond donors (Lipinski definition) is 1. The average molecular weight is 336 g/mol. The number of carbonyl (C=O) groups excluding carboxylic acids is 1. The first-order valence-corrected chi connectivity index (χ1v) is 7.25. The number of halogens is 1. The molecule has 0 saturated heterocycles. The molecule has 2 aromatic rings. The largest absolute Gasteiger partial charge is 0.494 e. The molecule has 0 unspecified atom stereocenters. The van der Waals surface area contributed by atoms with Crippen molar-refractivity contribution < 1.29 is 9.53 Å². The number of aromatic nitrogens is 1. The minimum Gasteiger partial charge on any atom is -0.494 e. The molecule has 1 heterocycles. The summed E-state index contributed by atoms with van der Waals surface area (Å²) in [4.78, 5) is 18.1. The predicted molar refractivity (Wildman–Crippen MR) is 93.7 cm³/mol. The molecule has 0 fully saturated rings. The summed E-state index contributed by atoms with van der Waals surface area (Å²) in [6, 6.07) is 11.3. The maximum absolute atomic E-state index is 12.3. The molecular formula is C17H22ClN3O2. The molecule has 0 aliphatic rings. The zero-order valence-electron chi connectivity index (χ0n) is 13.4. The third-order valence-electron chi connectivity index (χ3n) is 3.29. The van der Waals surface area contributed by atoms with E-state index in [2.05, 4.69) is 4.98 Å². The van der Waals surface area contributed by atoms with E-state index in [0.717, 1.165) is 11.3 Å². The molecule has 124 valence electrons. The highest BCUT2D eigenvalue weighted by Crippen LogP contribution is 2.19. The number of para-hydroxylation sites is 1. The van der Waals surface area contributed by atoms with Gasteiger partial charge in [-0.05, 0) is 25.1 Å². The van der Waals surface area contributed by atoms with Crippen LogP contribution >= 0.6 is 12.4 Å². The number of nitrogens with zero attached hydrogens (tertiary/aromatic N) is 2. The summed E-state index contributed by atoms with van der Waals surface area (Å²) in [6.45, 7) is 3.05. The monoisotopic (exact) mass is 335 g/mol. The van der Waals surface area contributed by atoms with Crippen molar-refractivity contribution in [2.24, 2.45) is 0 Å². The Bertz CT molecular complexity index is 632. The Balaban J connectivity index is 0.00000264. The number of nitrogens with two attached hydrogens (primary N) is 1. The molecular weight excluding hydrogens is 314 g/mol. The third-order valence-corrected chi connectivity index (χ3v) is 3.29. The molecule has 0 radical (unpaired) electrons. The van der Waals surface area contributed by atoms with E-state index in [0.29, 0.717) is 24.5 Å². The molecule has 0 bridgehead atoms. The highest BCUT2D eigenvalue weighted by molar-refractivity contribution is 5.85. The maximum atomic E-state index is 12.3. The van der Waals surface area contributed by atoms with Gasteiger partial charge >= 0.3 is 0 Å². The number of hydrogen-bond acceptors (Lipinski definition) is 4. The molecule has 0 aliphatic carbocycles. The van der Waals surface area contributed by atoms with Crippen molar-refractivity contribution in [3.8, 4) is 5.75 Å². The lowest BCUT2D eigenvalue weighted by atomic mass is 10.1. The summed E-state index contributed by atoms with van der Waals surface area (Å²) in [5.41, 5.74) is 7.89. The van der Waals surface area contributed by atoms with E-state index in [-0.39, 0.29) is 24.7 Å². The van der Waals surface area contributed by atoms with Crippen molar-refractivity contribution in [3.63, 3.8) is 0 Å². The van der Waals surface area contributed by atoms with Crippen LogP contribution in [0.5, 0.6) is 5.75 Å². The highest BCUT2D eigenvalue weighted by atomic mass is 35.5. The molecule has 2 rings (SSSR count). The van der Waals surface area contributed by atoms with E-state index in [1.165, 1.54) is 0 Å². The topological polar surface area (TPSA) is 68.5 Å². The molecule has 6 heteroatoms. The van der Waals surface area contributed by atoms with E-state index in [1.807, 2.05) is 31.2 Å². The van der Waals surface area contributed by atoms with Crippen LogP contribution in [0.4, 0.5) is 5.69 Å². The second-order valence-electron chi connectivity index (χ2n) is 5.05. The summed E-state index contributed by atoms with van der Waals surface area (Å²) in [6.07, 6.45) is 1.82. The van der Waals surface area contributed by atoms with Gasteiger partial charge in [0.1, 0.15) is 5.75 Å². The Kier molecular flexibility index (Phi) is 7.35. The molecule has 1 aromatic heterocycles. The van der Waals surface area contributed by atoms with Crippen molar-refractivity contribution in [1.82, 2.24) is 9.88 Å². The fraction of sp³-hybridized carbons (Fsp3) is 0.294. The molecule has 0 saturated carbocycles. The first kappa shape index (κ1) is 18.8. The molecule has 2 N–H and O–H groups in total. The van der Waals surface area contributed by atoms with Gasteiger partial charge in [0.2, 0.25) is 5.91 Å². The first-order valence-electron chi connectivity index (χ1n) is 7.25. The van der Waals surface area contributed by atoms with Crippen LogP contribution in [0, 0.1) is 0 Å². The lowest BCUT2D eigenvalue weighted by Crippen LogP contribution is -2.28. The van der Waals surface area contributed by atoms with Crippen LogP contribution in [-0.2, 0) is 17.8 Å². The average Bonchev–Trinajstić information content (AvgIpc) is 2.51. The van der Waals surface area contributed by atoms with E-state index in [4.69, 9.17) is 10.5 Å². The van der Waals surface area contributed by atoms with Crippen molar-refractivity contribution in [2.45, 2.75) is 19.9 Å². The molecule has 0 spiro atoms. The van der Waals surface area contributed by atoms with Gasteiger partial charge in [-0.2, -0.15) is 0 Å². The molecule has 0 atom stereocenters. The molecule has 23 heavy (non-hydrogen) atoms. The molecule has 5 nitrogen and oxygen atoms in total. The Morgan fingerprint density at radius 1 is 1.26 bits per heavy atom. The van der Waals surface area contributed by atoms with Gasteiger partial charge in [-0.25, -0.2) is 0 Å². The van der Waals surface area contributed by atoms with Crippen molar-refractivity contribution in [3.05, 3.63) is 53.9 Å². The Morgan fingerprint density at radius 3 is 2.65 bits per heavy atom. The minimum atomic E-state index is 0. The van der Waals surface area contributed by atoms with E-state index in [9.17, 15) is 4.79 Å². The molecule has 1 aromatic carbocycles. The van der Waals surface area contributed by atoms with Gasteiger partial charge in [0.05, 0.1) is 24.9 Å².